The van der Waals surface area contributed by atoms with E-state index in [1.54, 1.807) is 25.3 Å². The summed E-state index contributed by atoms with van der Waals surface area (Å²) in [5.41, 5.74) is 5.05. The lowest BCUT2D eigenvalue weighted by Gasteiger charge is -2.23. The van der Waals surface area contributed by atoms with Gasteiger partial charge in [-0.05, 0) is 20.8 Å². The lowest BCUT2D eigenvalue weighted by atomic mass is 10.2. The molecule has 0 aliphatic carbocycles. The van der Waals surface area contributed by atoms with Crippen molar-refractivity contribution in [1.29, 1.82) is 0 Å². The van der Waals surface area contributed by atoms with E-state index >= 15 is 0 Å². The number of amides is 2. The average molecular weight is 298 g/mol. The number of ether oxygens (including phenoxy) is 1. The van der Waals surface area contributed by atoms with Crippen LogP contribution in [0.2, 0.25) is 0 Å². The molecule has 0 saturated carbocycles. The first kappa shape index (κ1) is 17.0. The zero-order valence-corrected chi connectivity index (χ0v) is 12.5. The number of aryl methyl sites for hydroxylation is 1. The highest BCUT2D eigenvalue weighted by molar-refractivity contribution is 5.73. The summed E-state index contributed by atoms with van der Waals surface area (Å²) in [6, 6.07) is -0.671. The van der Waals surface area contributed by atoms with Crippen LogP contribution in [0.15, 0.2) is 12.5 Å². The van der Waals surface area contributed by atoms with E-state index in [1.165, 1.54) is 12.5 Å². The maximum absolute atomic E-state index is 11.8. The van der Waals surface area contributed by atoms with E-state index in [2.05, 4.69) is 10.3 Å². The monoisotopic (exact) mass is 298 g/mol. The Morgan fingerprint density at radius 1 is 1.52 bits per heavy atom. The zero-order valence-electron chi connectivity index (χ0n) is 12.5. The largest absolute Gasteiger partial charge is 0.444 e. The molecular formula is C13H22N4O4. The number of hydrogen-bond acceptors (Lipinski definition) is 5. The Hall–Kier alpha value is -2.09. The number of hydrogen-bond donors (Lipinski definition) is 3. The van der Waals surface area contributed by atoms with E-state index in [1.807, 2.05) is 0 Å². The predicted octanol–water partition coefficient (Wildman–Crippen LogP) is 0.317. The number of aliphatic hydroxyl groups excluding tert-OH is 1. The Bertz CT molecular complexity index is 493. The van der Waals surface area contributed by atoms with Crippen LogP contribution in [-0.4, -0.2) is 38.9 Å². The minimum atomic E-state index is -0.671. The molecule has 1 aromatic rings. The Kier molecular flexibility index (Phi) is 5.71. The highest BCUT2D eigenvalue weighted by Crippen LogP contribution is 2.14. The quantitative estimate of drug-likeness (QED) is 0.698. The minimum absolute atomic E-state index is 0.147. The van der Waals surface area contributed by atoms with Gasteiger partial charge in [0.1, 0.15) is 5.60 Å². The molecule has 1 unspecified atom stereocenters. The standard InChI is InChI=1S/C13H22N4O4/c1-13(2,3)21-12(20)16-9(7-18)10-6-15-8-17(10)5-4-11(14)19/h6,8-9,18H,4-5,7H2,1-3H3,(H2,14,19)(H,16,20). The van der Waals surface area contributed by atoms with Gasteiger partial charge in [0.15, 0.2) is 0 Å². The fourth-order valence-electron chi connectivity index (χ4n) is 1.70. The lowest BCUT2D eigenvalue weighted by molar-refractivity contribution is -0.118. The maximum atomic E-state index is 11.8. The number of nitrogens with zero attached hydrogens (tertiary/aromatic N) is 2. The Morgan fingerprint density at radius 3 is 2.71 bits per heavy atom. The molecule has 4 N–H and O–H groups in total. The van der Waals surface area contributed by atoms with Gasteiger partial charge in [0.2, 0.25) is 5.91 Å². The summed E-state index contributed by atoms with van der Waals surface area (Å²) in [6.07, 6.45) is 2.54. The molecule has 2 amide bonds. The van der Waals surface area contributed by atoms with Crippen LogP contribution < -0.4 is 11.1 Å². The summed E-state index contributed by atoms with van der Waals surface area (Å²) < 4.78 is 6.80. The van der Waals surface area contributed by atoms with Gasteiger partial charge in [0.25, 0.3) is 0 Å². The number of nitrogens with one attached hydrogen (secondary N) is 1. The van der Waals surface area contributed by atoms with Gasteiger partial charge < -0.3 is 25.5 Å². The van der Waals surface area contributed by atoms with Crippen molar-refractivity contribution >= 4 is 12.0 Å². The molecule has 0 aromatic carbocycles. The van der Waals surface area contributed by atoms with Crippen LogP contribution in [0.3, 0.4) is 0 Å². The summed E-state index contributed by atoms with van der Waals surface area (Å²) >= 11 is 0. The van der Waals surface area contributed by atoms with Gasteiger partial charge in [0, 0.05) is 13.0 Å². The van der Waals surface area contributed by atoms with Crippen molar-refractivity contribution in [1.82, 2.24) is 14.9 Å². The molecule has 118 valence electrons. The molecule has 1 atom stereocenters. The summed E-state index contributed by atoms with van der Waals surface area (Å²) in [5, 5.41) is 12.0. The number of primary amides is 1. The third-order valence-electron chi connectivity index (χ3n) is 2.57. The normalized spacial score (nSPS) is 12.8. The van der Waals surface area contributed by atoms with Crippen LogP contribution >= 0.6 is 0 Å². The van der Waals surface area contributed by atoms with Crippen molar-refractivity contribution in [3.8, 4) is 0 Å². The molecule has 1 aromatic heterocycles. The molecule has 0 saturated heterocycles. The first-order valence-electron chi connectivity index (χ1n) is 6.61. The number of rotatable bonds is 6. The van der Waals surface area contributed by atoms with Crippen LogP contribution in [0.4, 0.5) is 4.79 Å². The Labute approximate surface area is 123 Å². The number of alkyl carbamates (subject to hydrolysis) is 1. The molecule has 1 heterocycles. The van der Waals surface area contributed by atoms with Crippen LogP contribution in [0.5, 0.6) is 0 Å². The van der Waals surface area contributed by atoms with Gasteiger partial charge in [-0.25, -0.2) is 9.78 Å². The van der Waals surface area contributed by atoms with Crippen LogP contribution in [0.25, 0.3) is 0 Å². The highest BCUT2D eigenvalue weighted by atomic mass is 16.6. The summed E-state index contributed by atoms with van der Waals surface area (Å²) in [6.45, 7) is 5.26. The molecule has 1 rings (SSSR count). The molecule has 8 heteroatoms. The van der Waals surface area contributed by atoms with Gasteiger partial charge in [-0.1, -0.05) is 0 Å². The van der Waals surface area contributed by atoms with Gasteiger partial charge >= 0.3 is 6.09 Å². The smallest absolute Gasteiger partial charge is 0.408 e. The third kappa shape index (κ3) is 5.82. The van der Waals surface area contributed by atoms with Crippen molar-refractivity contribution in [3.63, 3.8) is 0 Å². The molecule has 0 aliphatic rings. The van der Waals surface area contributed by atoms with Gasteiger partial charge in [0.05, 0.1) is 30.9 Å². The van der Waals surface area contributed by atoms with Crippen LogP contribution in [0.1, 0.15) is 38.9 Å². The second-order valence-corrected chi connectivity index (χ2v) is 5.61. The average Bonchev–Trinajstić information content (AvgIpc) is 2.79. The SMILES string of the molecule is CC(C)(C)OC(=O)NC(CO)c1cncn1CCC(N)=O. The van der Waals surface area contributed by atoms with Crippen LogP contribution in [-0.2, 0) is 16.1 Å². The minimum Gasteiger partial charge on any atom is -0.444 e. The number of nitrogens with two attached hydrogens (primary N) is 1. The van der Waals surface area contributed by atoms with Crippen molar-refractivity contribution in [2.45, 2.75) is 45.4 Å². The zero-order chi connectivity index (χ0) is 16.0. The van der Waals surface area contributed by atoms with Crippen LogP contribution in [0, 0.1) is 0 Å². The number of carbonyl (C=O) groups excluding carboxylic acids is 2. The van der Waals surface area contributed by atoms with E-state index in [0.717, 1.165) is 0 Å². The Morgan fingerprint density at radius 2 is 2.19 bits per heavy atom. The fraction of sp³-hybridized carbons (Fsp3) is 0.615. The number of carbonyl (C=O) groups is 2. The summed E-state index contributed by atoms with van der Waals surface area (Å²) in [5.74, 6) is -0.435. The molecule has 0 radical (unpaired) electrons. The van der Waals surface area contributed by atoms with Crippen molar-refractivity contribution in [3.05, 3.63) is 18.2 Å². The number of imidazole rings is 1. The highest BCUT2D eigenvalue weighted by Gasteiger charge is 2.22. The number of aromatic nitrogens is 2. The van der Waals surface area contributed by atoms with E-state index in [-0.39, 0.29) is 13.0 Å². The molecule has 8 nitrogen and oxygen atoms in total. The first-order valence-corrected chi connectivity index (χ1v) is 6.61. The molecule has 21 heavy (non-hydrogen) atoms. The van der Waals surface area contributed by atoms with E-state index < -0.39 is 23.6 Å². The van der Waals surface area contributed by atoms with Gasteiger partial charge in [-0.3, -0.25) is 4.79 Å². The van der Waals surface area contributed by atoms with Crippen molar-refractivity contribution in [2.75, 3.05) is 6.61 Å². The second kappa shape index (κ2) is 7.07. The molecular weight excluding hydrogens is 276 g/mol. The van der Waals surface area contributed by atoms with E-state index in [4.69, 9.17) is 10.5 Å². The topological polar surface area (TPSA) is 119 Å². The van der Waals surface area contributed by atoms with E-state index in [9.17, 15) is 14.7 Å². The fourth-order valence-corrected chi connectivity index (χ4v) is 1.70. The van der Waals surface area contributed by atoms with Gasteiger partial charge in [-0.2, -0.15) is 0 Å². The third-order valence-corrected chi connectivity index (χ3v) is 2.57. The maximum Gasteiger partial charge on any atom is 0.408 e. The number of aliphatic hydroxyl groups is 1. The summed E-state index contributed by atoms with van der Waals surface area (Å²) in [4.78, 5) is 26.5. The predicted molar refractivity (Wildman–Crippen MR) is 75.2 cm³/mol. The Balaban J connectivity index is 2.74. The molecule has 0 spiro atoms. The molecule has 0 aliphatic heterocycles. The summed E-state index contributed by atoms with van der Waals surface area (Å²) in [7, 11) is 0. The van der Waals surface area contributed by atoms with E-state index in [0.29, 0.717) is 12.2 Å². The molecule has 0 bridgehead atoms. The molecule has 0 fully saturated rings. The van der Waals surface area contributed by atoms with Crippen molar-refractivity contribution < 1.29 is 19.4 Å². The second-order valence-electron chi connectivity index (χ2n) is 5.61. The van der Waals surface area contributed by atoms with Crippen molar-refractivity contribution in [2.24, 2.45) is 5.73 Å². The van der Waals surface area contributed by atoms with Gasteiger partial charge in [-0.15, -0.1) is 0 Å². The first-order chi connectivity index (χ1) is 9.73. The lowest BCUT2D eigenvalue weighted by Crippen LogP contribution is -2.37.